The number of hydrogen-bond acceptors (Lipinski definition) is 3. The van der Waals surface area contributed by atoms with Crippen molar-refractivity contribution in [1.29, 1.82) is 0 Å². The minimum Gasteiger partial charge on any atom is -0.497 e. The van der Waals surface area contributed by atoms with Crippen LogP contribution in [-0.4, -0.2) is 22.6 Å². The van der Waals surface area contributed by atoms with Gasteiger partial charge in [0.1, 0.15) is 23.7 Å². The van der Waals surface area contributed by atoms with E-state index in [1.165, 1.54) is 12.1 Å². The number of nitrogens with one attached hydrogen (secondary N) is 1. The van der Waals surface area contributed by atoms with Crippen molar-refractivity contribution in [2.75, 3.05) is 12.4 Å². The minimum atomic E-state index is -0.309. The number of hydrogen-bond donors (Lipinski definition) is 1. The van der Waals surface area contributed by atoms with E-state index in [1.807, 2.05) is 24.3 Å². The fraction of sp³-hybridized carbons (Fsp3) is 0.158. The topological polar surface area (TPSA) is 56.1 Å². The smallest absolute Gasteiger partial charge is 0.226 e. The third-order valence-corrected chi connectivity index (χ3v) is 4.37. The molecule has 1 N–H and O–H groups in total. The van der Waals surface area contributed by atoms with Crippen LogP contribution < -0.4 is 10.1 Å². The summed E-state index contributed by atoms with van der Waals surface area (Å²) in [6.07, 6.45) is 1.97. The van der Waals surface area contributed by atoms with Gasteiger partial charge in [-0.05, 0) is 42.0 Å². The Labute approximate surface area is 144 Å². The number of benzene rings is 2. The summed E-state index contributed by atoms with van der Waals surface area (Å²) in [6.45, 7) is 0. The Morgan fingerprint density at radius 2 is 2.04 bits per heavy atom. The molecule has 1 aromatic heterocycles. The molecule has 0 radical (unpaired) electrons. The third-order valence-electron chi connectivity index (χ3n) is 4.37. The fourth-order valence-corrected chi connectivity index (χ4v) is 3.14. The zero-order chi connectivity index (χ0) is 17.4. The van der Waals surface area contributed by atoms with Crippen LogP contribution in [0.1, 0.15) is 23.6 Å². The summed E-state index contributed by atoms with van der Waals surface area (Å²) in [5, 5.41) is 2.89. The molecule has 6 heteroatoms. The highest BCUT2D eigenvalue weighted by atomic mass is 19.1. The number of halogens is 1. The molecule has 0 fully saturated rings. The van der Waals surface area contributed by atoms with Crippen LogP contribution in [0, 0.1) is 5.82 Å². The zero-order valence-electron chi connectivity index (χ0n) is 13.6. The van der Waals surface area contributed by atoms with Crippen LogP contribution in [0.15, 0.2) is 54.9 Å². The van der Waals surface area contributed by atoms with Crippen LogP contribution >= 0.6 is 0 Å². The summed E-state index contributed by atoms with van der Waals surface area (Å²) in [5.74, 6) is 0.819. The largest absolute Gasteiger partial charge is 0.497 e. The second kappa shape index (κ2) is 6.05. The maximum absolute atomic E-state index is 13.2. The predicted octanol–water partition coefficient (Wildman–Crippen LogP) is 3.49. The molecular formula is C19H16FN3O2. The number of carbonyl (C=O) groups is 1. The zero-order valence-corrected chi connectivity index (χ0v) is 13.6. The summed E-state index contributed by atoms with van der Waals surface area (Å²) in [5.41, 5.74) is 2.50. The summed E-state index contributed by atoms with van der Waals surface area (Å²) in [7, 11) is 1.61. The first kappa shape index (κ1) is 15.4. The van der Waals surface area contributed by atoms with Crippen molar-refractivity contribution in [3.8, 4) is 11.4 Å². The molecule has 3 aromatic rings. The number of imidazole rings is 1. The second-order valence-corrected chi connectivity index (χ2v) is 5.91. The van der Waals surface area contributed by atoms with E-state index in [4.69, 9.17) is 4.74 Å². The Balaban J connectivity index is 1.79. The first-order valence-corrected chi connectivity index (χ1v) is 7.92. The molecule has 0 saturated carbocycles. The molecule has 1 amide bonds. The molecule has 1 atom stereocenters. The van der Waals surface area contributed by atoms with Crippen LogP contribution in [-0.2, 0) is 4.79 Å². The lowest BCUT2D eigenvalue weighted by Gasteiger charge is -2.23. The SMILES string of the molecule is COc1cccc([C@H]2CC(=O)Nc3c2ncn3-c2ccc(F)cc2)c1. The molecule has 0 unspecified atom stereocenters. The van der Waals surface area contributed by atoms with Gasteiger partial charge in [0.05, 0.1) is 12.8 Å². The van der Waals surface area contributed by atoms with E-state index in [0.29, 0.717) is 12.2 Å². The van der Waals surface area contributed by atoms with E-state index in [-0.39, 0.29) is 17.6 Å². The molecule has 0 spiro atoms. The maximum Gasteiger partial charge on any atom is 0.226 e. The van der Waals surface area contributed by atoms with Gasteiger partial charge in [-0.25, -0.2) is 9.37 Å². The highest BCUT2D eigenvalue weighted by Gasteiger charge is 2.31. The predicted molar refractivity (Wildman–Crippen MR) is 91.6 cm³/mol. The fourth-order valence-electron chi connectivity index (χ4n) is 3.14. The highest BCUT2D eigenvalue weighted by molar-refractivity contribution is 5.94. The first-order chi connectivity index (χ1) is 12.2. The van der Waals surface area contributed by atoms with Gasteiger partial charge in [-0.2, -0.15) is 0 Å². The Bertz CT molecular complexity index is 934. The van der Waals surface area contributed by atoms with Crippen molar-refractivity contribution < 1.29 is 13.9 Å². The molecule has 1 aliphatic heterocycles. The molecule has 5 nitrogen and oxygen atoms in total. The Hall–Kier alpha value is -3.15. The average Bonchev–Trinajstić information content (AvgIpc) is 3.05. The number of anilines is 1. The number of ether oxygens (including phenoxy) is 1. The van der Waals surface area contributed by atoms with Crippen molar-refractivity contribution in [2.45, 2.75) is 12.3 Å². The Kier molecular flexibility index (Phi) is 3.72. The van der Waals surface area contributed by atoms with Crippen molar-refractivity contribution in [3.63, 3.8) is 0 Å². The van der Waals surface area contributed by atoms with Gasteiger partial charge in [-0.1, -0.05) is 12.1 Å². The van der Waals surface area contributed by atoms with E-state index in [2.05, 4.69) is 10.3 Å². The van der Waals surface area contributed by atoms with Crippen molar-refractivity contribution in [3.05, 3.63) is 71.9 Å². The molecule has 25 heavy (non-hydrogen) atoms. The van der Waals surface area contributed by atoms with Crippen LogP contribution in [0.4, 0.5) is 10.2 Å². The van der Waals surface area contributed by atoms with Gasteiger partial charge >= 0.3 is 0 Å². The van der Waals surface area contributed by atoms with Gasteiger partial charge in [0.25, 0.3) is 0 Å². The van der Waals surface area contributed by atoms with Gasteiger partial charge in [-0.15, -0.1) is 0 Å². The molecule has 2 aromatic carbocycles. The van der Waals surface area contributed by atoms with Gasteiger partial charge in [0, 0.05) is 18.0 Å². The molecule has 0 saturated heterocycles. The van der Waals surface area contributed by atoms with Crippen LogP contribution in [0.3, 0.4) is 0 Å². The quantitative estimate of drug-likeness (QED) is 0.796. The first-order valence-electron chi connectivity index (χ1n) is 7.92. The number of methoxy groups -OCH3 is 1. The van der Waals surface area contributed by atoms with Gasteiger partial charge < -0.3 is 10.1 Å². The van der Waals surface area contributed by atoms with E-state index >= 15 is 0 Å². The molecule has 1 aliphatic rings. The standard InChI is InChI=1S/C19H16FN3O2/c1-25-15-4-2-3-12(9-15)16-10-17(24)22-19-18(16)21-11-23(19)14-7-5-13(20)6-8-14/h2-9,11,16H,10H2,1H3,(H,22,24)/t16-/m1/s1. The van der Waals surface area contributed by atoms with Crippen molar-refractivity contribution >= 4 is 11.7 Å². The van der Waals surface area contributed by atoms with E-state index in [1.54, 1.807) is 30.1 Å². The molecule has 0 aliphatic carbocycles. The van der Waals surface area contributed by atoms with E-state index in [9.17, 15) is 9.18 Å². The summed E-state index contributed by atoms with van der Waals surface area (Å²) in [4.78, 5) is 16.8. The van der Waals surface area contributed by atoms with E-state index in [0.717, 1.165) is 22.7 Å². The van der Waals surface area contributed by atoms with Crippen LogP contribution in [0.25, 0.3) is 5.69 Å². The second-order valence-electron chi connectivity index (χ2n) is 5.91. The van der Waals surface area contributed by atoms with Crippen LogP contribution in [0.5, 0.6) is 5.75 Å². The molecule has 0 bridgehead atoms. The molecule has 4 rings (SSSR count). The minimum absolute atomic E-state index is 0.0795. The summed E-state index contributed by atoms with van der Waals surface area (Å²) >= 11 is 0. The number of nitrogens with zero attached hydrogens (tertiary/aromatic N) is 2. The number of aromatic nitrogens is 2. The molecule has 2 heterocycles. The average molecular weight is 337 g/mol. The number of rotatable bonds is 3. The normalized spacial score (nSPS) is 16.2. The van der Waals surface area contributed by atoms with Crippen LogP contribution in [0.2, 0.25) is 0 Å². The number of carbonyl (C=O) groups excluding carboxylic acids is 1. The molecular weight excluding hydrogens is 321 g/mol. The van der Waals surface area contributed by atoms with Crippen molar-refractivity contribution in [2.24, 2.45) is 0 Å². The lowest BCUT2D eigenvalue weighted by Crippen LogP contribution is -2.24. The monoisotopic (exact) mass is 337 g/mol. The molecule has 126 valence electrons. The highest BCUT2D eigenvalue weighted by Crippen LogP contribution is 2.38. The van der Waals surface area contributed by atoms with Gasteiger partial charge in [-0.3, -0.25) is 9.36 Å². The number of fused-ring (bicyclic) bond motifs is 1. The Morgan fingerprint density at radius 1 is 1.24 bits per heavy atom. The van der Waals surface area contributed by atoms with Crippen molar-refractivity contribution in [1.82, 2.24) is 9.55 Å². The van der Waals surface area contributed by atoms with E-state index < -0.39 is 0 Å². The summed E-state index contributed by atoms with van der Waals surface area (Å²) < 4.78 is 20.2. The van der Waals surface area contributed by atoms with Gasteiger partial charge in [0.2, 0.25) is 5.91 Å². The Morgan fingerprint density at radius 3 is 2.80 bits per heavy atom. The lowest BCUT2D eigenvalue weighted by molar-refractivity contribution is -0.116. The number of amides is 1. The lowest BCUT2D eigenvalue weighted by atomic mass is 9.89. The maximum atomic E-state index is 13.2. The summed E-state index contributed by atoms with van der Waals surface area (Å²) in [6, 6.07) is 13.7. The third kappa shape index (κ3) is 2.76. The van der Waals surface area contributed by atoms with Gasteiger partial charge in [0.15, 0.2) is 0 Å².